The summed E-state index contributed by atoms with van der Waals surface area (Å²) in [7, 11) is -3.55. The van der Waals surface area contributed by atoms with Crippen molar-refractivity contribution in [3.8, 4) is 0 Å². The first-order valence-corrected chi connectivity index (χ1v) is 9.88. The fourth-order valence-corrected chi connectivity index (χ4v) is 4.52. The van der Waals surface area contributed by atoms with Crippen molar-refractivity contribution >= 4 is 27.0 Å². The van der Waals surface area contributed by atoms with Crippen molar-refractivity contribution in [2.45, 2.75) is 49.6 Å². The lowest BCUT2D eigenvalue weighted by atomic mass is 10.1. The number of likely N-dealkylation sites (tertiary alicyclic amines) is 1. The zero-order valence-corrected chi connectivity index (χ0v) is 15.5. The molecule has 1 amide bonds. The summed E-state index contributed by atoms with van der Waals surface area (Å²) < 4.78 is 31.0. The number of H-pyrrole nitrogens is 1. The number of nitrogens with one attached hydrogen (secondary N) is 1. The molecule has 0 radical (unpaired) electrons. The van der Waals surface area contributed by atoms with Crippen LogP contribution in [0.4, 0.5) is 4.79 Å². The molecule has 0 aliphatic carbocycles. The Bertz CT molecular complexity index is 842. The summed E-state index contributed by atoms with van der Waals surface area (Å²) >= 11 is 0. The van der Waals surface area contributed by atoms with Gasteiger partial charge >= 0.3 is 6.09 Å². The highest BCUT2D eigenvalue weighted by molar-refractivity contribution is 7.91. The fraction of sp³-hybridized carbons (Fsp3) is 0.529. The second-order valence-corrected chi connectivity index (χ2v) is 9.41. The molecule has 0 saturated carbocycles. The third-order valence-electron chi connectivity index (χ3n) is 4.17. The summed E-state index contributed by atoms with van der Waals surface area (Å²) in [6.45, 7) is 6.15. The lowest BCUT2D eigenvalue weighted by Gasteiger charge is -2.32. The largest absolute Gasteiger partial charge is 0.444 e. The molecule has 1 aromatic carbocycles. The van der Waals surface area contributed by atoms with E-state index in [1.54, 1.807) is 17.0 Å². The first-order valence-electron chi connectivity index (χ1n) is 8.33. The zero-order valence-electron chi connectivity index (χ0n) is 14.7. The first kappa shape index (κ1) is 17.7. The van der Waals surface area contributed by atoms with E-state index in [1.165, 1.54) is 0 Å². The molecular formula is C17H23N3O4S. The Kier molecular flexibility index (Phi) is 4.49. The van der Waals surface area contributed by atoms with Gasteiger partial charge in [0.05, 0.1) is 16.3 Å². The van der Waals surface area contributed by atoms with Gasteiger partial charge in [0.1, 0.15) is 5.60 Å². The smallest absolute Gasteiger partial charge is 0.410 e. The van der Waals surface area contributed by atoms with Crippen LogP contribution in [0.15, 0.2) is 29.4 Å². The van der Waals surface area contributed by atoms with E-state index in [0.29, 0.717) is 37.0 Å². The second-order valence-electron chi connectivity index (χ2n) is 7.27. The number of para-hydroxylation sites is 2. The number of amides is 1. The standard InChI is InChI=1S/C17H23N3O4S/c1-17(2,3)24-16(21)20-10-8-12(9-11-20)25(22,23)15-18-13-6-4-5-7-14(13)19-15/h4-7,12H,8-11H2,1-3H3,(H,18,19). The molecule has 7 nitrogen and oxygen atoms in total. The Labute approximate surface area is 147 Å². The van der Waals surface area contributed by atoms with Crippen LogP contribution in [0.25, 0.3) is 11.0 Å². The van der Waals surface area contributed by atoms with Gasteiger partial charge < -0.3 is 14.6 Å². The highest BCUT2D eigenvalue weighted by Crippen LogP contribution is 2.25. The van der Waals surface area contributed by atoms with E-state index < -0.39 is 26.8 Å². The quantitative estimate of drug-likeness (QED) is 0.883. The van der Waals surface area contributed by atoms with E-state index in [2.05, 4.69) is 9.97 Å². The molecule has 1 aliphatic rings. The van der Waals surface area contributed by atoms with Gasteiger partial charge in [0, 0.05) is 13.1 Å². The maximum absolute atomic E-state index is 12.8. The highest BCUT2D eigenvalue weighted by atomic mass is 32.2. The Morgan fingerprint density at radius 3 is 2.48 bits per heavy atom. The maximum Gasteiger partial charge on any atom is 0.410 e. The molecule has 2 heterocycles. The molecule has 3 rings (SSSR count). The number of hydrogen-bond acceptors (Lipinski definition) is 5. The Hall–Kier alpha value is -2.09. The number of aromatic amines is 1. The van der Waals surface area contributed by atoms with Gasteiger partial charge in [-0.05, 0) is 45.7 Å². The van der Waals surface area contributed by atoms with Crippen LogP contribution in [0, 0.1) is 0 Å². The Morgan fingerprint density at radius 1 is 1.24 bits per heavy atom. The van der Waals surface area contributed by atoms with Crippen molar-refractivity contribution in [1.29, 1.82) is 0 Å². The van der Waals surface area contributed by atoms with E-state index >= 15 is 0 Å². The van der Waals surface area contributed by atoms with Crippen molar-refractivity contribution in [1.82, 2.24) is 14.9 Å². The molecule has 136 valence electrons. The van der Waals surface area contributed by atoms with Gasteiger partial charge in [-0.25, -0.2) is 18.2 Å². The lowest BCUT2D eigenvalue weighted by molar-refractivity contribution is 0.0217. The van der Waals surface area contributed by atoms with Gasteiger partial charge in [-0.3, -0.25) is 0 Å². The molecular weight excluding hydrogens is 342 g/mol. The number of imidazole rings is 1. The maximum atomic E-state index is 12.8. The Morgan fingerprint density at radius 2 is 1.88 bits per heavy atom. The molecule has 0 bridgehead atoms. The van der Waals surface area contributed by atoms with E-state index in [4.69, 9.17) is 4.74 Å². The number of carbonyl (C=O) groups excluding carboxylic acids is 1. The normalized spacial score (nSPS) is 17.0. The van der Waals surface area contributed by atoms with Crippen LogP contribution in [-0.4, -0.2) is 53.3 Å². The molecule has 1 aromatic heterocycles. The van der Waals surface area contributed by atoms with E-state index in [1.807, 2.05) is 32.9 Å². The number of fused-ring (bicyclic) bond motifs is 1. The number of rotatable bonds is 2. The summed E-state index contributed by atoms with van der Waals surface area (Å²) in [5.41, 5.74) is 0.772. The van der Waals surface area contributed by atoms with Crippen molar-refractivity contribution in [3.05, 3.63) is 24.3 Å². The average Bonchev–Trinajstić information content (AvgIpc) is 2.98. The SMILES string of the molecule is CC(C)(C)OC(=O)N1CCC(S(=O)(=O)c2nc3ccccc3[nH]2)CC1. The number of sulfone groups is 1. The summed E-state index contributed by atoms with van der Waals surface area (Å²) in [6.07, 6.45) is 0.351. The van der Waals surface area contributed by atoms with E-state index in [0.717, 1.165) is 0 Å². The molecule has 0 spiro atoms. The van der Waals surface area contributed by atoms with Crippen molar-refractivity contribution in [2.24, 2.45) is 0 Å². The van der Waals surface area contributed by atoms with Crippen LogP contribution in [0.1, 0.15) is 33.6 Å². The third kappa shape index (κ3) is 3.78. The molecule has 2 aromatic rings. The second kappa shape index (κ2) is 6.33. The number of hydrogen-bond donors (Lipinski definition) is 1. The lowest BCUT2D eigenvalue weighted by Crippen LogP contribution is -2.44. The number of carbonyl (C=O) groups is 1. The summed E-state index contributed by atoms with van der Waals surface area (Å²) in [5.74, 6) is 0. The molecule has 1 saturated heterocycles. The van der Waals surface area contributed by atoms with E-state index in [-0.39, 0.29) is 5.16 Å². The minimum Gasteiger partial charge on any atom is -0.444 e. The van der Waals surface area contributed by atoms with Crippen LogP contribution in [0.2, 0.25) is 0 Å². The average molecular weight is 365 g/mol. The van der Waals surface area contributed by atoms with Gasteiger partial charge in [-0.15, -0.1) is 0 Å². The summed E-state index contributed by atoms with van der Waals surface area (Å²) in [4.78, 5) is 20.8. The van der Waals surface area contributed by atoms with Crippen LogP contribution < -0.4 is 0 Å². The van der Waals surface area contributed by atoms with E-state index in [9.17, 15) is 13.2 Å². The fourth-order valence-electron chi connectivity index (χ4n) is 2.90. The minimum atomic E-state index is -3.55. The molecule has 1 aliphatic heterocycles. The van der Waals surface area contributed by atoms with Crippen molar-refractivity contribution in [3.63, 3.8) is 0 Å². The van der Waals surface area contributed by atoms with Crippen LogP contribution in [0.5, 0.6) is 0 Å². The van der Waals surface area contributed by atoms with Crippen molar-refractivity contribution in [2.75, 3.05) is 13.1 Å². The first-order chi connectivity index (χ1) is 11.7. The zero-order chi connectivity index (χ0) is 18.2. The van der Waals surface area contributed by atoms with Gasteiger partial charge in [0.25, 0.3) is 0 Å². The molecule has 1 N–H and O–H groups in total. The minimum absolute atomic E-state index is 0.00409. The van der Waals surface area contributed by atoms with Gasteiger partial charge in [0.2, 0.25) is 15.0 Å². The highest BCUT2D eigenvalue weighted by Gasteiger charge is 2.35. The van der Waals surface area contributed by atoms with Crippen molar-refractivity contribution < 1.29 is 17.9 Å². The van der Waals surface area contributed by atoms with Crippen LogP contribution >= 0.6 is 0 Å². The topological polar surface area (TPSA) is 92.4 Å². The number of ether oxygens (including phenoxy) is 1. The predicted octanol–water partition coefficient (Wildman–Crippen LogP) is 2.74. The number of piperidine rings is 1. The van der Waals surface area contributed by atoms with Gasteiger partial charge in [-0.1, -0.05) is 12.1 Å². The Balaban J connectivity index is 1.70. The van der Waals surface area contributed by atoms with Crippen LogP contribution in [-0.2, 0) is 14.6 Å². The third-order valence-corrected chi connectivity index (χ3v) is 6.25. The van der Waals surface area contributed by atoms with Gasteiger partial charge in [0.15, 0.2) is 0 Å². The molecule has 8 heteroatoms. The number of nitrogens with zero attached hydrogens (tertiary/aromatic N) is 2. The predicted molar refractivity (Wildman–Crippen MR) is 94.1 cm³/mol. The number of benzene rings is 1. The molecule has 1 fully saturated rings. The van der Waals surface area contributed by atoms with Crippen LogP contribution in [0.3, 0.4) is 0 Å². The molecule has 0 atom stereocenters. The summed E-state index contributed by atoms with van der Waals surface area (Å²) in [6, 6.07) is 7.22. The van der Waals surface area contributed by atoms with Gasteiger partial charge in [-0.2, -0.15) is 0 Å². The molecule has 0 unspecified atom stereocenters. The molecule has 25 heavy (non-hydrogen) atoms. The monoisotopic (exact) mass is 365 g/mol. The summed E-state index contributed by atoms with van der Waals surface area (Å²) in [5, 5.41) is -0.545. The number of aromatic nitrogens is 2.